The molecule has 2 N–H and O–H groups in total. The van der Waals surface area contributed by atoms with Gasteiger partial charge in [0, 0.05) is 12.4 Å². The molecule has 0 atom stereocenters. The fraction of sp³-hybridized carbons (Fsp3) is 0.500. The number of nitrogens with zero attached hydrogens (tertiary/aromatic N) is 4. The van der Waals surface area contributed by atoms with Gasteiger partial charge in [-0.05, 0) is 55.2 Å². The Morgan fingerprint density at radius 2 is 2.00 bits per heavy atom. The lowest BCUT2D eigenvalue weighted by atomic mass is 9.67. The van der Waals surface area contributed by atoms with Crippen molar-refractivity contribution in [2.75, 3.05) is 11.9 Å². The lowest BCUT2D eigenvalue weighted by Gasteiger charge is -2.40. The molecule has 4 rings (SSSR count). The zero-order valence-corrected chi connectivity index (χ0v) is 18.1. The molecule has 2 aliphatic rings. The van der Waals surface area contributed by atoms with E-state index >= 15 is 0 Å². The van der Waals surface area contributed by atoms with Crippen LogP contribution in [0.5, 0.6) is 0 Å². The van der Waals surface area contributed by atoms with E-state index in [0.717, 1.165) is 17.7 Å². The highest BCUT2D eigenvalue weighted by molar-refractivity contribution is 6.10. The van der Waals surface area contributed by atoms with Crippen molar-refractivity contribution in [2.45, 2.75) is 52.0 Å². The van der Waals surface area contributed by atoms with Gasteiger partial charge in [0.25, 0.3) is 5.91 Å². The Labute approximate surface area is 181 Å². The molecule has 2 aromatic rings. The van der Waals surface area contributed by atoms with Gasteiger partial charge in [0.05, 0.1) is 11.9 Å². The van der Waals surface area contributed by atoms with Crippen molar-refractivity contribution in [1.29, 1.82) is 0 Å². The zero-order valence-electron chi connectivity index (χ0n) is 18.1. The summed E-state index contributed by atoms with van der Waals surface area (Å²) in [6.07, 6.45) is 7.90. The van der Waals surface area contributed by atoms with Gasteiger partial charge in [-0.15, -0.1) is 0 Å². The van der Waals surface area contributed by atoms with Crippen LogP contribution in [0.4, 0.5) is 10.5 Å². The molecule has 1 saturated carbocycles. The number of nitrogens with one attached hydrogen (secondary N) is 2. The predicted octanol–water partition coefficient (Wildman–Crippen LogP) is 2.73. The molecule has 0 bridgehead atoms. The fourth-order valence-corrected chi connectivity index (χ4v) is 4.48. The average molecular weight is 425 g/mol. The van der Waals surface area contributed by atoms with Crippen molar-refractivity contribution in [3.8, 4) is 5.82 Å². The van der Waals surface area contributed by atoms with Crippen molar-refractivity contribution in [1.82, 2.24) is 25.0 Å². The number of carbonyl (C=O) groups is 3. The third-order valence-electron chi connectivity index (χ3n) is 6.38. The maximum absolute atomic E-state index is 13.1. The Kier molecular flexibility index (Phi) is 5.28. The maximum atomic E-state index is 13.1. The van der Waals surface area contributed by atoms with Gasteiger partial charge in [-0.3, -0.25) is 14.5 Å². The monoisotopic (exact) mass is 424 g/mol. The molecule has 1 saturated heterocycles. The summed E-state index contributed by atoms with van der Waals surface area (Å²) in [7, 11) is 0. The zero-order chi connectivity index (χ0) is 22.2. The molecule has 0 unspecified atom stereocenters. The Hall–Kier alpha value is -3.23. The van der Waals surface area contributed by atoms with E-state index in [-0.39, 0.29) is 17.9 Å². The number of aromatic nitrogens is 3. The number of anilines is 1. The van der Waals surface area contributed by atoms with E-state index < -0.39 is 17.5 Å². The number of carbonyl (C=O) groups excluding carboxylic acids is 3. The summed E-state index contributed by atoms with van der Waals surface area (Å²) in [6, 6.07) is 4.71. The first-order valence-corrected chi connectivity index (χ1v) is 10.6. The van der Waals surface area contributed by atoms with Crippen molar-refractivity contribution >= 4 is 23.5 Å². The van der Waals surface area contributed by atoms with Crippen LogP contribution in [0.3, 0.4) is 0 Å². The Morgan fingerprint density at radius 1 is 1.26 bits per heavy atom. The highest BCUT2D eigenvalue weighted by atomic mass is 16.2. The summed E-state index contributed by atoms with van der Waals surface area (Å²) >= 11 is 0. The molecule has 0 aromatic carbocycles. The van der Waals surface area contributed by atoms with Gasteiger partial charge >= 0.3 is 6.03 Å². The lowest BCUT2D eigenvalue weighted by Crippen LogP contribution is -2.50. The van der Waals surface area contributed by atoms with E-state index in [1.807, 2.05) is 0 Å². The van der Waals surface area contributed by atoms with Gasteiger partial charge < -0.3 is 10.6 Å². The molecule has 31 heavy (non-hydrogen) atoms. The maximum Gasteiger partial charge on any atom is 0.325 e. The largest absolute Gasteiger partial charge is 0.325 e. The van der Waals surface area contributed by atoms with Crippen LogP contribution in [0, 0.1) is 11.3 Å². The average Bonchev–Trinajstić information content (AvgIpc) is 3.32. The van der Waals surface area contributed by atoms with Gasteiger partial charge in [-0.2, -0.15) is 5.10 Å². The highest BCUT2D eigenvalue weighted by Crippen LogP contribution is 2.43. The van der Waals surface area contributed by atoms with Crippen LogP contribution >= 0.6 is 0 Å². The van der Waals surface area contributed by atoms with Crippen molar-refractivity contribution in [2.24, 2.45) is 11.3 Å². The number of hydrogen-bond donors (Lipinski definition) is 2. The SMILES string of the molecule is CC(C)(C)C1CCC2(CC1)NC(=O)N(CC(=O)Nc1ccc(-n3cccn3)nc1)C2=O. The van der Waals surface area contributed by atoms with E-state index in [1.165, 1.54) is 6.20 Å². The van der Waals surface area contributed by atoms with Crippen LogP contribution in [0.15, 0.2) is 36.8 Å². The number of urea groups is 1. The summed E-state index contributed by atoms with van der Waals surface area (Å²) in [5, 5.41) is 9.66. The van der Waals surface area contributed by atoms with Crippen LogP contribution in [-0.2, 0) is 9.59 Å². The first-order chi connectivity index (χ1) is 14.7. The minimum atomic E-state index is -0.869. The molecule has 3 heterocycles. The molecule has 4 amide bonds. The standard InChI is InChI=1S/C22H28N6O3/c1-21(2,3)15-7-9-22(10-8-15)19(30)27(20(31)26-22)14-18(29)25-16-5-6-17(23-13-16)28-12-4-11-24-28/h4-6,11-13,15H,7-10,14H2,1-3H3,(H,25,29)(H,26,31). The Bertz CT molecular complexity index is 970. The topological polar surface area (TPSA) is 109 Å². The molecule has 1 aliphatic heterocycles. The lowest BCUT2D eigenvalue weighted by molar-refractivity contribution is -0.135. The van der Waals surface area contributed by atoms with Crippen LogP contribution in [0.1, 0.15) is 46.5 Å². The summed E-state index contributed by atoms with van der Waals surface area (Å²) < 4.78 is 1.60. The van der Waals surface area contributed by atoms with E-state index in [4.69, 9.17) is 0 Å². The van der Waals surface area contributed by atoms with E-state index in [1.54, 1.807) is 35.3 Å². The van der Waals surface area contributed by atoms with Gasteiger partial charge in [0.2, 0.25) is 5.91 Å². The van der Waals surface area contributed by atoms with Crippen LogP contribution in [-0.4, -0.2) is 49.6 Å². The van der Waals surface area contributed by atoms with Gasteiger partial charge in [-0.25, -0.2) is 14.5 Å². The minimum absolute atomic E-state index is 0.174. The Balaban J connectivity index is 1.36. The third-order valence-corrected chi connectivity index (χ3v) is 6.38. The minimum Gasteiger partial charge on any atom is -0.323 e. The molecular formula is C22H28N6O3. The third kappa shape index (κ3) is 4.17. The molecule has 1 spiro atoms. The Morgan fingerprint density at radius 3 is 2.58 bits per heavy atom. The van der Waals surface area contributed by atoms with Gasteiger partial charge in [-0.1, -0.05) is 20.8 Å². The molecule has 2 aromatic heterocycles. The first-order valence-electron chi connectivity index (χ1n) is 10.6. The number of pyridine rings is 1. The summed E-state index contributed by atoms with van der Waals surface area (Å²) in [5.74, 6) is 0.381. The molecule has 0 radical (unpaired) electrons. The van der Waals surface area contributed by atoms with Crippen LogP contribution < -0.4 is 10.6 Å². The fourth-order valence-electron chi connectivity index (χ4n) is 4.48. The highest BCUT2D eigenvalue weighted by Gasteiger charge is 2.53. The summed E-state index contributed by atoms with van der Waals surface area (Å²) in [4.78, 5) is 43.3. The number of imide groups is 1. The van der Waals surface area contributed by atoms with Crippen LogP contribution in [0.2, 0.25) is 0 Å². The molecule has 164 valence electrons. The van der Waals surface area contributed by atoms with Gasteiger partial charge in [0.1, 0.15) is 12.1 Å². The quantitative estimate of drug-likeness (QED) is 0.734. The molecular weight excluding hydrogens is 396 g/mol. The van der Waals surface area contributed by atoms with E-state index in [9.17, 15) is 14.4 Å². The van der Waals surface area contributed by atoms with Crippen molar-refractivity contribution in [3.63, 3.8) is 0 Å². The summed E-state index contributed by atoms with van der Waals surface area (Å²) in [5.41, 5.74) is -0.215. The molecule has 1 aliphatic carbocycles. The van der Waals surface area contributed by atoms with Crippen LogP contribution in [0.25, 0.3) is 5.82 Å². The normalized spacial score (nSPS) is 23.8. The second-order valence-corrected chi connectivity index (χ2v) is 9.45. The van der Waals surface area contributed by atoms with Crippen molar-refractivity contribution < 1.29 is 14.4 Å². The number of rotatable bonds is 4. The van der Waals surface area contributed by atoms with Crippen molar-refractivity contribution in [3.05, 3.63) is 36.8 Å². The summed E-state index contributed by atoms with van der Waals surface area (Å²) in [6.45, 7) is 6.30. The van der Waals surface area contributed by atoms with Gasteiger partial charge in [0.15, 0.2) is 5.82 Å². The molecule has 2 fully saturated rings. The number of amides is 4. The second kappa shape index (κ2) is 7.79. The molecule has 9 heteroatoms. The second-order valence-electron chi connectivity index (χ2n) is 9.45. The first kappa shape index (κ1) is 21.0. The smallest absolute Gasteiger partial charge is 0.323 e. The van der Waals surface area contributed by atoms with E-state index in [0.29, 0.717) is 30.3 Å². The van der Waals surface area contributed by atoms with E-state index in [2.05, 4.69) is 41.5 Å². The molecule has 9 nitrogen and oxygen atoms in total. The number of hydrogen-bond acceptors (Lipinski definition) is 5. The predicted molar refractivity (Wildman–Crippen MR) is 114 cm³/mol.